The van der Waals surface area contributed by atoms with Crippen molar-refractivity contribution in [3.63, 3.8) is 0 Å². The molecule has 0 heterocycles. The molecule has 2 unspecified atom stereocenters. The van der Waals surface area contributed by atoms with Gasteiger partial charge in [0.2, 0.25) is 0 Å². The van der Waals surface area contributed by atoms with E-state index < -0.39 is 55.4 Å². The van der Waals surface area contributed by atoms with Gasteiger partial charge < -0.3 is 35.7 Å². The van der Waals surface area contributed by atoms with Crippen LogP contribution < -0.4 is 0 Å². The molecule has 0 fully saturated rings. The fourth-order valence-electron chi connectivity index (χ4n) is 1.87. The molecule has 0 aliphatic heterocycles. The zero-order valence-electron chi connectivity index (χ0n) is 11.3. The predicted octanol–water partition coefficient (Wildman–Crippen LogP) is -3.24. The molecule has 0 amide bonds. The zero-order chi connectivity index (χ0) is 15.9. The number of hydrogen-bond acceptors (Lipinski definition) is 8. The molecule has 0 rings (SSSR count). The van der Waals surface area contributed by atoms with E-state index >= 15 is 0 Å². The summed E-state index contributed by atoms with van der Waals surface area (Å²) in [6, 6.07) is 0. The Balaban J connectivity index is 4.87. The molecule has 0 radical (unpaired) electrons. The van der Waals surface area contributed by atoms with Gasteiger partial charge in [-0.05, 0) is 6.42 Å². The van der Waals surface area contributed by atoms with E-state index in [1.165, 1.54) is 0 Å². The summed E-state index contributed by atoms with van der Waals surface area (Å²) >= 11 is 0. The highest BCUT2D eigenvalue weighted by Gasteiger charge is 2.38. The standard InChI is InChI=1S/C12H24O8/c1-2-3-6(7(15)4-13)9(17)11(19)12(20)10(18)8(16)5-14/h6-8,10-16,18-20H,2-5H2,1H3/t6?,7?,8-,10-,11+,12+/m1/s1. The van der Waals surface area contributed by atoms with E-state index in [9.17, 15) is 25.2 Å². The van der Waals surface area contributed by atoms with Crippen LogP contribution in [0.25, 0.3) is 0 Å². The first kappa shape index (κ1) is 19.4. The molecule has 0 aliphatic rings. The maximum absolute atomic E-state index is 12.0. The number of aliphatic hydroxyl groups excluding tert-OH is 7. The van der Waals surface area contributed by atoms with Gasteiger partial charge in [-0.1, -0.05) is 13.3 Å². The Labute approximate surface area is 116 Å². The maximum atomic E-state index is 12.0. The highest BCUT2D eigenvalue weighted by molar-refractivity contribution is 5.86. The molecule has 0 aromatic carbocycles. The summed E-state index contributed by atoms with van der Waals surface area (Å²) in [6.45, 7) is 0.204. The minimum atomic E-state index is -2.04. The summed E-state index contributed by atoms with van der Waals surface area (Å²) in [5.74, 6) is -2.03. The van der Waals surface area contributed by atoms with Crippen molar-refractivity contribution < 1.29 is 40.5 Å². The second-order valence-corrected chi connectivity index (χ2v) is 4.72. The Morgan fingerprint density at radius 3 is 1.80 bits per heavy atom. The molecule has 8 heteroatoms. The molecule has 7 N–H and O–H groups in total. The van der Waals surface area contributed by atoms with Gasteiger partial charge in [-0.2, -0.15) is 0 Å². The van der Waals surface area contributed by atoms with Crippen molar-refractivity contribution in [2.75, 3.05) is 13.2 Å². The average Bonchev–Trinajstić information content (AvgIpc) is 2.47. The Morgan fingerprint density at radius 1 is 0.900 bits per heavy atom. The Kier molecular flexibility index (Phi) is 9.06. The Hall–Kier alpha value is -0.610. The smallest absolute Gasteiger partial charge is 0.169 e. The van der Waals surface area contributed by atoms with Crippen LogP contribution in [-0.2, 0) is 4.79 Å². The van der Waals surface area contributed by atoms with Crippen molar-refractivity contribution >= 4 is 5.78 Å². The summed E-state index contributed by atoms with van der Waals surface area (Å²) in [6.07, 6.45) is -8.36. The normalized spacial score (nSPS) is 20.8. The van der Waals surface area contributed by atoms with Crippen LogP contribution in [0.2, 0.25) is 0 Å². The Morgan fingerprint density at radius 2 is 1.40 bits per heavy atom. The molecule has 20 heavy (non-hydrogen) atoms. The van der Waals surface area contributed by atoms with Gasteiger partial charge in [0.25, 0.3) is 0 Å². The van der Waals surface area contributed by atoms with Crippen LogP contribution in [-0.4, -0.2) is 85.3 Å². The number of carbonyl (C=O) groups is 1. The topological polar surface area (TPSA) is 159 Å². The van der Waals surface area contributed by atoms with Gasteiger partial charge in [0, 0.05) is 5.92 Å². The van der Waals surface area contributed by atoms with Crippen molar-refractivity contribution in [2.24, 2.45) is 5.92 Å². The number of Topliss-reactive ketones (excluding diaryl/α,β-unsaturated/α-hetero) is 1. The van der Waals surface area contributed by atoms with Gasteiger partial charge >= 0.3 is 0 Å². The molecule has 0 aromatic rings. The van der Waals surface area contributed by atoms with Crippen LogP contribution in [0, 0.1) is 5.92 Å². The summed E-state index contributed by atoms with van der Waals surface area (Å²) in [7, 11) is 0. The minimum Gasteiger partial charge on any atom is -0.394 e. The van der Waals surface area contributed by atoms with Crippen molar-refractivity contribution in [3.8, 4) is 0 Å². The lowest BCUT2D eigenvalue weighted by Crippen LogP contribution is -2.51. The fourth-order valence-corrected chi connectivity index (χ4v) is 1.87. The number of hydrogen-bond donors (Lipinski definition) is 7. The molecule has 120 valence electrons. The third-order valence-corrected chi connectivity index (χ3v) is 3.16. The van der Waals surface area contributed by atoms with Gasteiger partial charge in [-0.15, -0.1) is 0 Å². The second-order valence-electron chi connectivity index (χ2n) is 4.72. The third kappa shape index (κ3) is 5.06. The van der Waals surface area contributed by atoms with Crippen molar-refractivity contribution in [2.45, 2.75) is 50.3 Å². The summed E-state index contributed by atoms with van der Waals surface area (Å²) in [5.41, 5.74) is 0. The quantitative estimate of drug-likeness (QED) is 0.221. The fraction of sp³-hybridized carbons (Fsp3) is 0.917. The van der Waals surface area contributed by atoms with E-state index in [0.29, 0.717) is 6.42 Å². The number of aliphatic hydroxyl groups is 7. The molecule has 0 aromatic heterocycles. The lowest BCUT2D eigenvalue weighted by Gasteiger charge is -2.28. The van der Waals surface area contributed by atoms with E-state index in [1.807, 2.05) is 0 Å². The summed E-state index contributed by atoms with van der Waals surface area (Å²) in [5, 5.41) is 64.9. The largest absolute Gasteiger partial charge is 0.394 e. The van der Waals surface area contributed by atoms with Crippen LogP contribution in [0.4, 0.5) is 0 Å². The number of ketones is 1. The maximum Gasteiger partial charge on any atom is 0.169 e. The first-order chi connectivity index (χ1) is 9.31. The predicted molar refractivity (Wildman–Crippen MR) is 67.6 cm³/mol. The average molecular weight is 296 g/mol. The van der Waals surface area contributed by atoms with E-state index in [-0.39, 0.29) is 6.42 Å². The van der Waals surface area contributed by atoms with E-state index in [2.05, 4.69) is 0 Å². The molecule has 0 aliphatic carbocycles. The van der Waals surface area contributed by atoms with Crippen molar-refractivity contribution in [3.05, 3.63) is 0 Å². The van der Waals surface area contributed by atoms with Crippen molar-refractivity contribution in [1.29, 1.82) is 0 Å². The highest BCUT2D eigenvalue weighted by Crippen LogP contribution is 2.18. The van der Waals surface area contributed by atoms with Crippen molar-refractivity contribution in [1.82, 2.24) is 0 Å². The monoisotopic (exact) mass is 296 g/mol. The second kappa shape index (κ2) is 9.35. The van der Waals surface area contributed by atoms with E-state index in [1.54, 1.807) is 6.92 Å². The van der Waals surface area contributed by atoms with Crippen LogP contribution in [0.15, 0.2) is 0 Å². The van der Waals surface area contributed by atoms with Crippen LogP contribution in [0.3, 0.4) is 0 Å². The van der Waals surface area contributed by atoms with Crippen LogP contribution >= 0.6 is 0 Å². The first-order valence-corrected chi connectivity index (χ1v) is 6.47. The third-order valence-electron chi connectivity index (χ3n) is 3.16. The molecule has 0 saturated carbocycles. The van der Waals surface area contributed by atoms with Gasteiger partial charge in [-0.25, -0.2) is 0 Å². The Bertz CT molecular complexity index is 285. The van der Waals surface area contributed by atoms with Gasteiger partial charge in [-0.3, -0.25) is 4.79 Å². The zero-order valence-corrected chi connectivity index (χ0v) is 11.3. The molecule has 8 nitrogen and oxygen atoms in total. The highest BCUT2D eigenvalue weighted by atomic mass is 16.4. The van der Waals surface area contributed by atoms with Gasteiger partial charge in [0.15, 0.2) is 5.78 Å². The molecule has 0 spiro atoms. The summed E-state index contributed by atoms with van der Waals surface area (Å²) < 4.78 is 0. The van der Waals surface area contributed by atoms with Crippen LogP contribution in [0.5, 0.6) is 0 Å². The van der Waals surface area contributed by atoms with Crippen LogP contribution in [0.1, 0.15) is 19.8 Å². The van der Waals surface area contributed by atoms with E-state index in [0.717, 1.165) is 0 Å². The number of carbonyl (C=O) groups excluding carboxylic acids is 1. The van der Waals surface area contributed by atoms with Gasteiger partial charge in [0.05, 0.1) is 19.3 Å². The van der Waals surface area contributed by atoms with E-state index in [4.69, 9.17) is 15.3 Å². The van der Waals surface area contributed by atoms with Gasteiger partial charge in [0.1, 0.15) is 24.4 Å². The summed E-state index contributed by atoms with van der Waals surface area (Å²) in [4.78, 5) is 12.0. The molecule has 0 saturated heterocycles. The lowest BCUT2D eigenvalue weighted by molar-refractivity contribution is -0.154. The molecule has 6 atom stereocenters. The lowest BCUT2D eigenvalue weighted by atomic mass is 9.86. The molecule has 0 bridgehead atoms. The SMILES string of the molecule is CCCC(C(=O)[C@H](O)[C@@H](O)[C@H](O)[C@H](O)CO)C(O)CO. The minimum absolute atomic E-state index is 0.184. The number of rotatable bonds is 10. The molecular weight excluding hydrogens is 272 g/mol. The first-order valence-electron chi connectivity index (χ1n) is 6.47. The molecular formula is C12H24O8.